The largest absolute Gasteiger partial charge is 0.463 e. The lowest BCUT2D eigenvalue weighted by molar-refractivity contribution is -0.137. The van der Waals surface area contributed by atoms with Crippen LogP contribution in [0.25, 0.3) is 0 Å². The molecule has 2 heteroatoms. The minimum absolute atomic E-state index is 0.206. The molecular formula is C20H34O2. The first-order valence-electron chi connectivity index (χ1n) is 8.50. The van der Waals surface area contributed by atoms with Gasteiger partial charge in [0, 0.05) is 6.08 Å². The van der Waals surface area contributed by atoms with Crippen LogP contribution in [0.2, 0.25) is 0 Å². The van der Waals surface area contributed by atoms with Crippen LogP contribution in [0.3, 0.4) is 0 Å². The maximum Gasteiger partial charge on any atom is 0.330 e. The molecule has 0 aliphatic carbocycles. The number of allylic oxidation sites excluding steroid dienone is 5. The van der Waals surface area contributed by atoms with Crippen molar-refractivity contribution in [2.75, 3.05) is 6.61 Å². The molecule has 0 fully saturated rings. The van der Waals surface area contributed by atoms with Crippen LogP contribution in [0, 0.1) is 5.92 Å². The Balaban J connectivity index is 4.43. The first kappa shape index (κ1) is 20.7. The summed E-state index contributed by atoms with van der Waals surface area (Å²) in [5.41, 5.74) is 4.00. The van der Waals surface area contributed by atoms with Crippen molar-refractivity contribution in [2.45, 2.75) is 73.6 Å². The Morgan fingerprint density at radius 1 is 1.05 bits per heavy atom. The van der Waals surface area contributed by atoms with Gasteiger partial charge in [0.15, 0.2) is 0 Å². The van der Waals surface area contributed by atoms with Crippen molar-refractivity contribution in [3.8, 4) is 0 Å². The van der Waals surface area contributed by atoms with Crippen molar-refractivity contribution in [3.05, 3.63) is 34.9 Å². The summed E-state index contributed by atoms with van der Waals surface area (Å²) in [6.45, 7) is 13.1. The number of esters is 1. The van der Waals surface area contributed by atoms with Crippen LogP contribution in [0.15, 0.2) is 34.9 Å². The fourth-order valence-corrected chi connectivity index (χ4v) is 2.30. The molecule has 0 saturated carbocycles. The summed E-state index contributed by atoms with van der Waals surface area (Å²) in [5, 5.41) is 0. The zero-order chi connectivity index (χ0) is 17.0. The van der Waals surface area contributed by atoms with Gasteiger partial charge in [-0.05, 0) is 65.7 Å². The predicted molar refractivity (Wildman–Crippen MR) is 95.8 cm³/mol. The summed E-state index contributed by atoms with van der Waals surface area (Å²) in [5.74, 6) is 0.353. The van der Waals surface area contributed by atoms with Crippen LogP contribution in [-0.4, -0.2) is 12.6 Å². The van der Waals surface area contributed by atoms with Gasteiger partial charge >= 0.3 is 5.97 Å². The van der Waals surface area contributed by atoms with E-state index >= 15 is 0 Å². The number of rotatable bonds is 10. The predicted octanol–water partition coefficient (Wildman–Crippen LogP) is 5.99. The van der Waals surface area contributed by atoms with Gasteiger partial charge in [-0.1, -0.05) is 42.7 Å². The first-order valence-corrected chi connectivity index (χ1v) is 8.50. The van der Waals surface area contributed by atoms with Gasteiger partial charge in [0.05, 0.1) is 6.61 Å². The highest BCUT2D eigenvalue weighted by atomic mass is 16.5. The summed E-state index contributed by atoms with van der Waals surface area (Å²) >= 11 is 0. The molecule has 0 bridgehead atoms. The Labute approximate surface area is 137 Å². The Hall–Kier alpha value is -1.31. The van der Waals surface area contributed by atoms with E-state index in [1.54, 1.807) is 6.08 Å². The molecule has 0 aromatic rings. The molecule has 0 unspecified atom stereocenters. The van der Waals surface area contributed by atoms with Gasteiger partial charge in [0.2, 0.25) is 0 Å². The molecule has 126 valence electrons. The maximum atomic E-state index is 11.6. The van der Waals surface area contributed by atoms with E-state index in [0.29, 0.717) is 12.5 Å². The third-order valence-corrected chi connectivity index (χ3v) is 3.33. The van der Waals surface area contributed by atoms with Crippen molar-refractivity contribution in [1.29, 1.82) is 0 Å². The number of hydrogen-bond donors (Lipinski definition) is 0. The molecule has 0 heterocycles. The Morgan fingerprint density at radius 2 is 1.68 bits per heavy atom. The Morgan fingerprint density at radius 3 is 2.23 bits per heavy atom. The van der Waals surface area contributed by atoms with Crippen LogP contribution >= 0.6 is 0 Å². The van der Waals surface area contributed by atoms with Crippen LogP contribution in [0.5, 0.6) is 0 Å². The van der Waals surface area contributed by atoms with Crippen LogP contribution < -0.4 is 0 Å². The van der Waals surface area contributed by atoms with Gasteiger partial charge < -0.3 is 4.74 Å². The second kappa shape index (κ2) is 12.3. The number of ether oxygens (including phenoxy) is 1. The molecule has 0 saturated heterocycles. The van der Waals surface area contributed by atoms with E-state index in [1.165, 1.54) is 16.7 Å². The van der Waals surface area contributed by atoms with Crippen molar-refractivity contribution in [2.24, 2.45) is 5.92 Å². The van der Waals surface area contributed by atoms with Crippen LogP contribution in [0.1, 0.15) is 73.6 Å². The van der Waals surface area contributed by atoms with Gasteiger partial charge in [-0.3, -0.25) is 0 Å². The van der Waals surface area contributed by atoms with Crippen molar-refractivity contribution >= 4 is 5.97 Å². The highest BCUT2D eigenvalue weighted by molar-refractivity contribution is 5.82. The summed E-state index contributed by atoms with van der Waals surface area (Å²) in [7, 11) is 0. The van der Waals surface area contributed by atoms with E-state index in [9.17, 15) is 4.79 Å². The zero-order valence-corrected chi connectivity index (χ0v) is 15.4. The quantitative estimate of drug-likeness (QED) is 0.281. The molecule has 0 aromatic carbocycles. The Bertz CT molecular complexity index is 407. The summed E-state index contributed by atoms with van der Waals surface area (Å²) < 4.78 is 5.02. The number of carbonyl (C=O) groups is 1. The Kier molecular flexibility index (Phi) is 11.5. The second-order valence-electron chi connectivity index (χ2n) is 6.56. The molecule has 0 radical (unpaired) electrons. The van der Waals surface area contributed by atoms with Crippen molar-refractivity contribution in [1.82, 2.24) is 0 Å². The molecule has 0 aliphatic rings. The monoisotopic (exact) mass is 306 g/mol. The molecule has 0 aromatic heterocycles. The highest BCUT2D eigenvalue weighted by Crippen LogP contribution is 2.18. The topological polar surface area (TPSA) is 26.3 Å². The summed E-state index contributed by atoms with van der Waals surface area (Å²) in [6.07, 6.45) is 11.4. The number of hydrogen-bond acceptors (Lipinski definition) is 2. The maximum absolute atomic E-state index is 11.6. The van der Waals surface area contributed by atoms with Crippen molar-refractivity contribution in [3.63, 3.8) is 0 Å². The lowest BCUT2D eigenvalue weighted by atomic mass is 9.98. The molecule has 22 heavy (non-hydrogen) atoms. The normalized spacial score (nSPS) is 12.5. The molecule has 0 spiro atoms. The molecule has 0 amide bonds. The van der Waals surface area contributed by atoms with Gasteiger partial charge in [-0.25, -0.2) is 4.79 Å². The highest BCUT2D eigenvalue weighted by Gasteiger charge is 2.05. The zero-order valence-electron chi connectivity index (χ0n) is 15.4. The van der Waals surface area contributed by atoms with E-state index in [0.717, 1.165) is 32.1 Å². The van der Waals surface area contributed by atoms with Gasteiger partial charge in [0.25, 0.3) is 0 Å². The van der Waals surface area contributed by atoms with Gasteiger partial charge in [0.1, 0.15) is 0 Å². The number of carbonyl (C=O) groups excluding carboxylic acids is 1. The van der Waals surface area contributed by atoms with E-state index in [4.69, 9.17) is 4.74 Å². The van der Waals surface area contributed by atoms with E-state index < -0.39 is 0 Å². The molecule has 2 nitrogen and oxygen atoms in total. The molecular weight excluding hydrogens is 272 g/mol. The lowest BCUT2D eigenvalue weighted by Gasteiger charge is -2.09. The van der Waals surface area contributed by atoms with E-state index in [-0.39, 0.29) is 5.97 Å². The van der Waals surface area contributed by atoms with Gasteiger partial charge in [-0.15, -0.1) is 0 Å². The fraction of sp³-hybridized carbons (Fsp3) is 0.650. The lowest BCUT2D eigenvalue weighted by Crippen LogP contribution is -2.02. The van der Waals surface area contributed by atoms with E-state index in [2.05, 4.69) is 46.8 Å². The third-order valence-electron chi connectivity index (χ3n) is 3.33. The third kappa shape index (κ3) is 12.4. The van der Waals surface area contributed by atoms with Gasteiger partial charge in [-0.2, -0.15) is 0 Å². The summed E-state index contributed by atoms with van der Waals surface area (Å²) in [6, 6.07) is 0. The standard InChI is InChI=1S/C20H34O2/c1-7-22-20(21)15-19(14-17(4)5)13-9-12-18(6)11-8-10-16(2)3/h10,12,15,17H,7-9,11,13-14H2,1-6H3/b18-12+,19-15-. The van der Waals surface area contributed by atoms with Crippen molar-refractivity contribution < 1.29 is 9.53 Å². The smallest absolute Gasteiger partial charge is 0.330 e. The average molecular weight is 306 g/mol. The van der Waals surface area contributed by atoms with Crippen LogP contribution in [-0.2, 0) is 9.53 Å². The van der Waals surface area contributed by atoms with E-state index in [1.807, 2.05) is 6.92 Å². The average Bonchev–Trinajstić information content (AvgIpc) is 2.37. The molecule has 0 atom stereocenters. The summed E-state index contributed by atoms with van der Waals surface area (Å²) in [4.78, 5) is 11.6. The first-order chi connectivity index (χ1) is 10.3. The molecule has 0 N–H and O–H groups in total. The fourth-order valence-electron chi connectivity index (χ4n) is 2.30. The molecule has 0 aliphatic heterocycles. The SMILES string of the molecule is CCOC(=O)/C=C(/CC/C=C(\C)CCC=C(C)C)CC(C)C. The minimum atomic E-state index is -0.206. The molecule has 0 rings (SSSR count). The minimum Gasteiger partial charge on any atom is -0.463 e. The van der Waals surface area contributed by atoms with Crippen LogP contribution in [0.4, 0.5) is 0 Å². The second-order valence-corrected chi connectivity index (χ2v) is 6.56.